The van der Waals surface area contributed by atoms with E-state index in [0.717, 1.165) is 6.42 Å². The van der Waals surface area contributed by atoms with E-state index in [9.17, 15) is 0 Å². The van der Waals surface area contributed by atoms with Gasteiger partial charge in [0.2, 0.25) is 0 Å². The van der Waals surface area contributed by atoms with Crippen LogP contribution in [0.2, 0.25) is 0 Å². The Hall–Kier alpha value is -1.12. The van der Waals surface area contributed by atoms with Crippen LogP contribution < -0.4 is 5.32 Å². The molecule has 0 amide bonds. The highest BCUT2D eigenvalue weighted by atomic mass is 79.9. The molecule has 2 aromatic carbocycles. The van der Waals surface area contributed by atoms with E-state index in [-0.39, 0.29) is 0 Å². The molecule has 110 valence electrons. The van der Waals surface area contributed by atoms with E-state index in [1.165, 1.54) is 29.3 Å². The topological polar surface area (TPSA) is 12.0 Å². The van der Waals surface area contributed by atoms with Gasteiger partial charge in [-0.15, -0.1) is 0 Å². The standard InChI is InChI=1S/C19H22BrN/c1-21-19(17-11-4-5-12-18(17)20)13-15-9-6-8-14-7-2-3-10-16(14)15/h2-5,7,10-12,15,19,21H,6,8-9,13H2,1H3. The molecule has 1 aliphatic carbocycles. The van der Waals surface area contributed by atoms with Crippen LogP contribution in [0, 0.1) is 0 Å². The molecule has 21 heavy (non-hydrogen) atoms. The Morgan fingerprint density at radius 2 is 1.90 bits per heavy atom. The number of fused-ring (bicyclic) bond motifs is 1. The van der Waals surface area contributed by atoms with Crippen LogP contribution in [0.3, 0.4) is 0 Å². The lowest BCUT2D eigenvalue weighted by molar-refractivity contribution is 0.439. The van der Waals surface area contributed by atoms with Gasteiger partial charge in [0.05, 0.1) is 0 Å². The molecule has 0 saturated carbocycles. The maximum atomic E-state index is 3.69. The highest BCUT2D eigenvalue weighted by Crippen LogP contribution is 2.38. The average molecular weight is 344 g/mol. The second-order valence-electron chi connectivity index (χ2n) is 5.89. The van der Waals surface area contributed by atoms with Crippen LogP contribution in [0.5, 0.6) is 0 Å². The minimum atomic E-state index is 0.400. The van der Waals surface area contributed by atoms with E-state index in [1.54, 1.807) is 11.1 Å². The monoisotopic (exact) mass is 343 g/mol. The first-order valence-electron chi connectivity index (χ1n) is 7.79. The maximum absolute atomic E-state index is 3.69. The molecule has 2 unspecified atom stereocenters. The fourth-order valence-corrected chi connectivity index (χ4v) is 4.10. The van der Waals surface area contributed by atoms with Crippen LogP contribution in [-0.2, 0) is 6.42 Å². The third-order valence-corrected chi connectivity index (χ3v) is 5.37. The molecule has 1 N–H and O–H groups in total. The summed E-state index contributed by atoms with van der Waals surface area (Å²) in [5.74, 6) is 0.666. The Bertz CT molecular complexity index is 608. The van der Waals surface area contributed by atoms with Crippen molar-refractivity contribution in [1.29, 1.82) is 0 Å². The van der Waals surface area contributed by atoms with Crippen molar-refractivity contribution >= 4 is 15.9 Å². The number of nitrogens with one attached hydrogen (secondary N) is 1. The molecule has 2 aromatic rings. The molecule has 0 saturated heterocycles. The summed E-state index contributed by atoms with van der Waals surface area (Å²) in [6.45, 7) is 0. The molecule has 3 rings (SSSR count). The van der Waals surface area contributed by atoms with Gasteiger partial charge in [-0.25, -0.2) is 0 Å². The molecular weight excluding hydrogens is 322 g/mol. The van der Waals surface area contributed by atoms with Crippen LogP contribution in [0.1, 0.15) is 47.9 Å². The Kier molecular flexibility index (Phi) is 4.77. The molecule has 0 heterocycles. The van der Waals surface area contributed by atoms with Gasteiger partial charge in [-0.1, -0.05) is 58.4 Å². The van der Waals surface area contributed by atoms with Crippen molar-refractivity contribution in [2.24, 2.45) is 0 Å². The molecule has 1 aliphatic rings. The Balaban J connectivity index is 1.84. The first-order valence-corrected chi connectivity index (χ1v) is 8.58. The molecule has 0 spiro atoms. The highest BCUT2D eigenvalue weighted by molar-refractivity contribution is 9.10. The number of rotatable bonds is 4. The first kappa shape index (κ1) is 14.8. The quantitative estimate of drug-likeness (QED) is 0.802. The Morgan fingerprint density at radius 1 is 1.14 bits per heavy atom. The fourth-order valence-electron chi connectivity index (χ4n) is 3.54. The number of halogens is 1. The molecular formula is C19H22BrN. The van der Waals surface area contributed by atoms with E-state index in [0.29, 0.717) is 12.0 Å². The Labute approximate surface area is 135 Å². The SMILES string of the molecule is CNC(CC1CCCc2ccccc21)c1ccccc1Br. The summed E-state index contributed by atoms with van der Waals surface area (Å²) in [6.07, 6.45) is 5.02. The van der Waals surface area contributed by atoms with Crippen molar-refractivity contribution < 1.29 is 0 Å². The van der Waals surface area contributed by atoms with Crippen molar-refractivity contribution in [3.05, 3.63) is 69.7 Å². The summed E-state index contributed by atoms with van der Waals surface area (Å²) in [7, 11) is 2.07. The van der Waals surface area contributed by atoms with E-state index in [2.05, 4.69) is 76.8 Å². The number of hydrogen-bond acceptors (Lipinski definition) is 1. The Morgan fingerprint density at radius 3 is 2.71 bits per heavy atom. The van der Waals surface area contributed by atoms with Crippen LogP contribution in [0.25, 0.3) is 0 Å². The van der Waals surface area contributed by atoms with Gasteiger partial charge < -0.3 is 5.32 Å². The van der Waals surface area contributed by atoms with Gasteiger partial charge in [0.15, 0.2) is 0 Å². The second-order valence-corrected chi connectivity index (χ2v) is 6.74. The largest absolute Gasteiger partial charge is 0.313 e. The third-order valence-electron chi connectivity index (χ3n) is 4.64. The number of hydrogen-bond donors (Lipinski definition) is 1. The minimum absolute atomic E-state index is 0.400. The lowest BCUT2D eigenvalue weighted by Gasteiger charge is -2.29. The molecule has 0 radical (unpaired) electrons. The normalized spacial score (nSPS) is 19.0. The van der Waals surface area contributed by atoms with Crippen molar-refractivity contribution in [3.8, 4) is 0 Å². The molecule has 0 aliphatic heterocycles. The minimum Gasteiger partial charge on any atom is -0.313 e. The lowest BCUT2D eigenvalue weighted by atomic mass is 9.79. The second kappa shape index (κ2) is 6.76. The maximum Gasteiger partial charge on any atom is 0.0334 e. The zero-order chi connectivity index (χ0) is 14.7. The van der Waals surface area contributed by atoms with Gasteiger partial charge in [-0.05, 0) is 61.4 Å². The summed E-state index contributed by atoms with van der Waals surface area (Å²) in [6, 6.07) is 17.9. The number of aryl methyl sites for hydroxylation is 1. The first-order chi connectivity index (χ1) is 10.3. The van der Waals surface area contributed by atoms with Crippen molar-refractivity contribution in [2.75, 3.05) is 7.05 Å². The summed E-state index contributed by atoms with van der Waals surface area (Å²) >= 11 is 3.69. The molecule has 0 bridgehead atoms. The third kappa shape index (κ3) is 3.22. The molecule has 0 fully saturated rings. The van der Waals surface area contributed by atoms with Crippen LogP contribution in [0.4, 0.5) is 0 Å². The molecule has 2 atom stereocenters. The number of benzene rings is 2. The van der Waals surface area contributed by atoms with E-state index < -0.39 is 0 Å². The summed E-state index contributed by atoms with van der Waals surface area (Å²) < 4.78 is 1.20. The van der Waals surface area contributed by atoms with Crippen molar-refractivity contribution in [2.45, 2.75) is 37.6 Å². The summed E-state index contributed by atoms with van der Waals surface area (Å²) in [4.78, 5) is 0. The van der Waals surface area contributed by atoms with Gasteiger partial charge in [0, 0.05) is 10.5 Å². The highest BCUT2D eigenvalue weighted by Gasteiger charge is 2.24. The van der Waals surface area contributed by atoms with Crippen LogP contribution in [0.15, 0.2) is 53.0 Å². The van der Waals surface area contributed by atoms with Gasteiger partial charge in [0.1, 0.15) is 0 Å². The lowest BCUT2D eigenvalue weighted by Crippen LogP contribution is -2.21. The van der Waals surface area contributed by atoms with Gasteiger partial charge >= 0.3 is 0 Å². The molecule has 1 nitrogen and oxygen atoms in total. The zero-order valence-electron chi connectivity index (χ0n) is 12.5. The summed E-state index contributed by atoms with van der Waals surface area (Å²) in [5.41, 5.74) is 4.48. The smallest absolute Gasteiger partial charge is 0.0334 e. The molecule has 0 aromatic heterocycles. The predicted molar refractivity (Wildman–Crippen MR) is 92.7 cm³/mol. The van der Waals surface area contributed by atoms with E-state index in [4.69, 9.17) is 0 Å². The average Bonchev–Trinajstić information content (AvgIpc) is 2.53. The summed E-state index contributed by atoms with van der Waals surface area (Å²) in [5, 5.41) is 3.51. The van der Waals surface area contributed by atoms with Gasteiger partial charge in [-0.3, -0.25) is 0 Å². The van der Waals surface area contributed by atoms with Crippen molar-refractivity contribution in [1.82, 2.24) is 5.32 Å². The van der Waals surface area contributed by atoms with Crippen LogP contribution >= 0.6 is 15.9 Å². The van der Waals surface area contributed by atoms with E-state index >= 15 is 0 Å². The fraction of sp³-hybridized carbons (Fsp3) is 0.368. The van der Waals surface area contributed by atoms with Crippen molar-refractivity contribution in [3.63, 3.8) is 0 Å². The zero-order valence-corrected chi connectivity index (χ0v) is 14.1. The van der Waals surface area contributed by atoms with Gasteiger partial charge in [-0.2, -0.15) is 0 Å². The molecule has 2 heteroatoms. The predicted octanol–water partition coefficient (Wildman–Crippen LogP) is 5.22. The van der Waals surface area contributed by atoms with E-state index in [1.807, 2.05) is 0 Å². The van der Waals surface area contributed by atoms with Gasteiger partial charge in [0.25, 0.3) is 0 Å². The van der Waals surface area contributed by atoms with Crippen LogP contribution in [-0.4, -0.2) is 7.05 Å².